The van der Waals surface area contributed by atoms with Crippen molar-refractivity contribution >= 4 is 28.3 Å². The molecule has 0 spiro atoms. The Kier molecular flexibility index (Phi) is 5.25. The summed E-state index contributed by atoms with van der Waals surface area (Å²) in [6.07, 6.45) is 2.27. The fraction of sp³-hybridized carbons (Fsp3) is 0.294. The molecule has 0 aromatic heterocycles. The van der Waals surface area contributed by atoms with Crippen LogP contribution in [0.15, 0.2) is 48.5 Å². The Labute approximate surface area is 129 Å². The monoisotopic (exact) mass is 365 g/mol. The van der Waals surface area contributed by atoms with E-state index < -0.39 is 0 Å². The molecule has 2 aromatic carbocycles. The van der Waals surface area contributed by atoms with Crippen LogP contribution in [0.2, 0.25) is 0 Å². The van der Waals surface area contributed by atoms with Crippen molar-refractivity contribution in [3.05, 3.63) is 63.2 Å². The highest BCUT2D eigenvalue weighted by Crippen LogP contribution is 2.15. The standard InChI is InChI=1S/C17H20IN/c1-13-5-3-6-15(11-13)10-9-14(2)19-17-8-4-7-16(18)12-17/h3-8,11-12,14,19H,9-10H2,1-2H3. The van der Waals surface area contributed by atoms with E-state index in [9.17, 15) is 0 Å². The highest BCUT2D eigenvalue weighted by Gasteiger charge is 2.03. The number of benzene rings is 2. The largest absolute Gasteiger partial charge is 0.383 e. The predicted molar refractivity (Wildman–Crippen MR) is 91.7 cm³/mol. The Balaban J connectivity index is 1.86. The van der Waals surface area contributed by atoms with Crippen LogP contribution in [0.25, 0.3) is 0 Å². The number of halogens is 1. The van der Waals surface area contributed by atoms with Crippen molar-refractivity contribution in [3.8, 4) is 0 Å². The first-order valence-corrected chi connectivity index (χ1v) is 7.79. The van der Waals surface area contributed by atoms with E-state index in [1.54, 1.807) is 0 Å². The van der Waals surface area contributed by atoms with Crippen molar-refractivity contribution in [1.29, 1.82) is 0 Å². The quantitative estimate of drug-likeness (QED) is 0.733. The molecule has 2 heteroatoms. The van der Waals surface area contributed by atoms with Crippen molar-refractivity contribution in [2.75, 3.05) is 5.32 Å². The van der Waals surface area contributed by atoms with E-state index in [0.717, 1.165) is 12.8 Å². The molecular formula is C17H20IN. The van der Waals surface area contributed by atoms with Gasteiger partial charge in [0, 0.05) is 15.3 Å². The maximum Gasteiger partial charge on any atom is 0.0352 e. The van der Waals surface area contributed by atoms with Crippen LogP contribution in [0, 0.1) is 10.5 Å². The molecule has 0 bridgehead atoms. The first-order chi connectivity index (χ1) is 9.13. The maximum absolute atomic E-state index is 3.56. The normalized spacial score (nSPS) is 12.2. The maximum atomic E-state index is 3.56. The average Bonchev–Trinajstić information content (AvgIpc) is 2.36. The van der Waals surface area contributed by atoms with E-state index in [0.29, 0.717) is 6.04 Å². The minimum atomic E-state index is 0.485. The predicted octanol–water partition coefficient (Wildman–Crippen LogP) is 5.03. The first kappa shape index (κ1) is 14.4. The number of anilines is 1. The van der Waals surface area contributed by atoms with E-state index in [1.807, 2.05) is 0 Å². The second-order valence-corrected chi connectivity index (χ2v) is 6.33. The van der Waals surface area contributed by atoms with Crippen LogP contribution in [0.5, 0.6) is 0 Å². The topological polar surface area (TPSA) is 12.0 Å². The number of nitrogens with one attached hydrogen (secondary N) is 1. The van der Waals surface area contributed by atoms with Crippen LogP contribution in [-0.4, -0.2) is 6.04 Å². The molecule has 2 aromatic rings. The summed E-state index contributed by atoms with van der Waals surface area (Å²) in [4.78, 5) is 0. The third kappa shape index (κ3) is 4.86. The van der Waals surface area contributed by atoms with Crippen molar-refractivity contribution in [2.24, 2.45) is 0 Å². The van der Waals surface area contributed by atoms with Crippen LogP contribution < -0.4 is 5.32 Å². The summed E-state index contributed by atoms with van der Waals surface area (Å²) in [5.41, 5.74) is 3.98. The lowest BCUT2D eigenvalue weighted by Gasteiger charge is -2.15. The third-order valence-electron chi connectivity index (χ3n) is 3.19. The lowest BCUT2D eigenvalue weighted by Crippen LogP contribution is -2.16. The molecule has 0 saturated carbocycles. The van der Waals surface area contributed by atoms with E-state index in [2.05, 4.69) is 90.3 Å². The van der Waals surface area contributed by atoms with E-state index in [-0.39, 0.29) is 0 Å². The minimum Gasteiger partial charge on any atom is -0.383 e. The molecule has 0 heterocycles. The van der Waals surface area contributed by atoms with Gasteiger partial charge in [-0.15, -0.1) is 0 Å². The smallest absolute Gasteiger partial charge is 0.0352 e. The summed E-state index contributed by atoms with van der Waals surface area (Å²) in [7, 11) is 0. The fourth-order valence-corrected chi connectivity index (χ4v) is 2.73. The number of rotatable bonds is 5. The highest BCUT2D eigenvalue weighted by molar-refractivity contribution is 14.1. The minimum absolute atomic E-state index is 0.485. The molecule has 0 aliphatic carbocycles. The van der Waals surface area contributed by atoms with Crippen LogP contribution in [0.3, 0.4) is 0 Å². The van der Waals surface area contributed by atoms with Crippen LogP contribution >= 0.6 is 22.6 Å². The zero-order chi connectivity index (χ0) is 13.7. The summed E-state index contributed by atoms with van der Waals surface area (Å²) in [6.45, 7) is 4.40. The first-order valence-electron chi connectivity index (χ1n) is 6.71. The molecule has 0 aliphatic rings. The molecule has 0 fully saturated rings. The second kappa shape index (κ2) is 6.94. The summed E-state index contributed by atoms with van der Waals surface area (Å²) in [5.74, 6) is 0. The van der Waals surface area contributed by atoms with Crippen molar-refractivity contribution in [3.63, 3.8) is 0 Å². The van der Waals surface area contributed by atoms with Crippen molar-refractivity contribution in [2.45, 2.75) is 32.7 Å². The molecule has 0 saturated heterocycles. The Bertz CT molecular complexity index is 536. The lowest BCUT2D eigenvalue weighted by atomic mass is 10.0. The summed E-state index contributed by atoms with van der Waals surface area (Å²) in [6, 6.07) is 17.8. The Morgan fingerprint density at radius 1 is 1.11 bits per heavy atom. The zero-order valence-electron chi connectivity index (χ0n) is 11.5. The van der Waals surface area contributed by atoms with Gasteiger partial charge in [0.1, 0.15) is 0 Å². The summed E-state index contributed by atoms with van der Waals surface area (Å²) >= 11 is 2.35. The molecule has 100 valence electrons. The van der Waals surface area contributed by atoms with Gasteiger partial charge in [-0.3, -0.25) is 0 Å². The highest BCUT2D eigenvalue weighted by atomic mass is 127. The van der Waals surface area contributed by atoms with Gasteiger partial charge in [0.15, 0.2) is 0 Å². The molecule has 0 radical (unpaired) electrons. The second-order valence-electron chi connectivity index (χ2n) is 5.08. The molecule has 2 rings (SSSR count). The van der Waals surface area contributed by atoms with Gasteiger partial charge >= 0.3 is 0 Å². The molecule has 1 N–H and O–H groups in total. The summed E-state index contributed by atoms with van der Waals surface area (Å²) < 4.78 is 1.27. The van der Waals surface area contributed by atoms with Gasteiger partial charge in [-0.25, -0.2) is 0 Å². The van der Waals surface area contributed by atoms with Gasteiger partial charge in [0.05, 0.1) is 0 Å². The van der Waals surface area contributed by atoms with Gasteiger partial charge in [-0.1, -0.05) is 35.9 Å². The number of hydrogen-bond acceptors (Lipinski definition) is 1. The molecule has 1 unspecified atom stereocenters. The summed E-state index contributed by atoms with van der Waals surface area (Å²) in [5, 5.41) is 3.56. The van der Waals surface area contributed by atoms with Crippen LogP contribution in [0.1, 0.15) is 24.5 Å². The van der Waals surface area contributed by atoms with Crippen molar-refractivity contribution < 1.29 is 0 Å². The van der Waals surface area contributed by atoms with Gasteiger partial charge in [0.25, 0.3) is 0 Å². The molecule has 0 aliphatic heterocycles. The average molecular weight is 365 g/mol. The van der Waals surface area contributed by atoms with Crippen LogP contribution in [-0.2, 0) is 6.42 Å². The fourth-order valence-electron chi connectivity index (χ4n) is 2.19. The molecule has 0 amide bonds. The molecule has 19 heavy (non-hydrogen) atoms. The molecule has 1 nitrogen and oxygen atoms in total. The van der Waals surface area contributed by atoms with Crippen LogP contribution in [0.4, 0.5) is 5.69 Å². The number of hydrogen-bond donors (Lipinski definition) is 1. The van der Waals surface area contributed by atoms with E-state index in [1.165, 1.54) is 20.4 Å². The third-order valence-corrected chi connectivity index (χ3v) is 3.86. The van der Waals surface area contributed by atoms with Crippen molar-refractivity contribution in [1.82, 2.24) is 0 Å². The van der Waals surface area contributed by atoms with Gasteiger partial charge in [0.2, 0.25) is 0 Å². The van der Waals surface area contributed by atoms with Gasteiger partial charge in [-0.2, -0.15) is 0 Å². The molecule has 1 atom stereocenters. The van der Waals surface area contributed by atoms with Gasteiger partial charge in [-0.05, 0) is 73.0 Å². The Hall–Kier alpha value is -1.03. The lowest BCUT2D eigenvalue weighted by molar-refractivity contribution is 0.706. The van der Waals surface area contributed by atoms with E-state index >= 15 is 0 Å². The Morgan fingerprint density at radius 3 is 2.63 bits per heavy atom. The number of aryl methyl sites for hydroxylation is 2. The SMILES string of the molecule is Cc1cccc(CCC(C)Nc2cccc(I)c2)c1. The zero-order valence-corrected chi connectivity index (χ0v) is 13.6. The Morgan fingerprint density at radius 2 is 1.89 bits per heavy atom. The molecular weight excluding hydrogens is 345 g/mol. The van der Waals surface area contributed by atoms with Gasteiger partial charge < -0.3 is 5.32 Å². The van der Waals surface area contributed by atoms with E-state index in [4.69, 9.17) is 0 Å².